The van der Waals surface area contributed by atoms with Crippen molar-refractivity contribution >= 4 is 17.6 Å². The van der Waals surface area contributed by atoms with E-state index in [0.29, 0.717) is 49.8 Å². The second kappa shape index (κ2) is 7.23. The van der Waals surface area contributed by atoms with Gasteiger partial charge in [-0.05, 0) is 61.6 Å². The molecule has 1 amide bonds. The topological polar surface area (TPSA) is 66.8 Å². The van der Waals surface area contributed by atoms with Crippen LogP contribution in [0.1, 0.15) is 68.9 Å². The Balaban J connectivity index is 1.54. The summed E-state index contributed by atoms with van der Waals surface area (Å²) in [4.78, 5) is 25.5. The van der Waals surface area contributed by atoms with Crippen LogP contribution in [0.2, 0.25) is 0 Å². The molecular weight excluding hydrogens is 349 g/mol. The summed E-state index contributed by atoms with van der Waals surface area (Å²) in [6.45, 7) is 1.83. The summed E-state index contributed by atoms with van der Waals surface area (Å²) < 4.78 is 20.3. The lowest BCUT2D eigenvalue weighted by Gasteiger charge is -2.26. The molecule has 0 bridgehead atoms. The predicted octanol–water partition coefficient (Wildman–Crippen LogP) is 3.85. The average molecular weight is 375 g/mol. The molecular formula is C21H26FNO4. The van der Waals surface area contributed by atoms with Crippen molar-refractivity contribution < 1.29 is 23.8 Å². The van der Waals surface area contributed by atoms with Crippen molar-refractivity contribution in [3.8, 4) is 0 Å². The zero-order valence-electron chi connectivity index (χ0n) is 15.6. The number of nitrogens with zero attached hydrogens (tertiary/aromatic N) is 1. The van der Waals surface area contributed by atoms with Gasteiger partial charge in [-0.1, -0.05) is 13.0 Å². The number of ether oxygens (including phenoxy) is 1. The Morgan fingerprint density at radius 1 is 1.30 bits per heavy atom. The summed E-state index contributed by atoms with van der Waals surface area (Å²) in [6, 6.07) is 3.23. The molecule has 2 atom stereocenters. The Morgan fingerprint density at radius 2 is 2.04 bits per heavy atom. The zero-order valence-corrected chi connectivity index (χ0v) is 15.6. The SMILES string of the molecule is CCC(=O)CC[C@@H]1OC(=O)N2c3cc(F)c(C4CCC(O)CC4)cc3C[C@@H]12. The number of ketones is 1. The van der Waals surface area contributed by atoms with E-state index in [1.807, 2.05) is 13.0 Å². The summed E-state index contributed by atoms with van der Waals surface area (Å²) in [6.07, 6.45) is 3.98. The second-order valence-electron chi connectivity index (χ2n) is 8.00. The molecule has 0 aromatic heterocycles. The van der Waals surface area contributed by atoms with E-state index in [1.54, 1.807) is 4.90 Å². The number of aliphatic hydroxyl groups excluding tert-OH is 1. The molecule has 2 heterocycles. The molecule has 1 aromatic rings. The molecule has 1 saturated carbocycles. The number of halogens is 1. The van der Waals surface area contributed by atoms with Crippen LogP contribution in [0.5, 0.6) is 0 Å². The van der Waals surface area contributed by atoms with E-state index >= 15 is 0 Å². The largest absolute Gasteiger partial charge is 0.444 e. The van der Waals surface area contributed by atoms with Gasteiger partial charge in [-0.3, -0.25) is 9.69 Å². The molecule has 3 aliphatic rings. The summed E-state index contributed by atoms with van der Waals surface area (Å²) in [5.41, 5.74) is 2.28. The van der Waals surface area contributed by atoms with Crippen molar-refractivity contribution in [2.24, 2.45) is 0 Å². The third-order valence-corrected chi connectivity index (χ3v) is 6.33. The number of Topliss-reactive ketones (excluding diaryl/α,β-unsaturated/α-hetero) is 1. The van der Waals surface area contributed by atoms with Gasteiger partial charge in [0.05, 0.1) is 17.8 Å². The van der Waals surface area contributed by atoms with Gasteiger partial charge in [0.1, 0.15) is 17.7 Å². The molecule has 0 spiro atoms. The summed E-state index contributed by atoms with van der Waals surface area (Å²) in [5, 5.41) is 9.70. The lowest BCUT2D eigenvalue weighted by molar-refractivity contribution is -0.119. The van der Waals surface area contributed by atoms with Crippen LogP contribution in [0.15, 0.2) is 12.1 Å². The highest BCUT2D eigenvalue weighted by Crippen LogP contribution is 2.43. The van der Waals surface area contributed by atoms with Crippen LogP contribution in [0.4, 0.5) is 14.9 Å². The molecule has 0 unspecified atom stereocenters. The number of carbonyl (C=O) groups excluding carboxylic acids is 2. The van der Waals surface area contributed by atoms with Crippen molar-refractivity contribution in [2.75, 3.05) is 4.90 Å². The fourth-order valence-corrected chi connectivity index (χ4v) is 4.74. The Labute approximate surface area is 158 Å². The highest BCUT2D eigenvalue weighted by Gasteiger charge is 2.47. The van der Waals surface area contributed by atoms with Crippen molar-refractivity contribution in [3.63, 3.8) is 0 Å². The molecule has 1 aliphatic carbocycles. The Hall–Kier alpha value is -1.95. The minimum Gasteiger partial charge on any atom is -0.444 e. The normalized spacial score (nSPS) is 29.4. The highest BCUT2D eigenvalue weighted by molar-refractivity contribution is 5.94. The Kier molecular flexibility index (Phi) is 4.93. The van der Waals surface area contributed by atoms with Crippen molar-refractivity contribution in [3.05, 3.63) is 29.1 Å². The van der Waals surface area contributed by atoms with E-state index in [1.165, 1.54) is 6.07 Å². The number of rotatable bonds is 5. The maximum atomic E-state index is 14.8. The van der Waals surface area contributed by atoms with Crippen molar-refractivity contribution in [1.29, 1.82) is 0 Å². The van der Waals surface area contributed by atoms with Crippen LogP contribution < -0.4 is 4.90 Å². The number of cyclic esters (lactones) is 1. The maximum absolute atomic E-state index is 14.8. The number of aliphatic hydroxyl groups is 1. The number of fused-ring (bicyclic) bond motifs is 3. The fourth-order valence-electron chi connectivity index (χ4n) is 4.74. The Morgan fingerprint density at radius 3 is 2.74 bits per heavy atom. The number of benzene rings is 1. The minimum absolute atomic E-state index is 0.124. The average Bonchev–Trinajstić information content (AvgIpc) is 3.17. The Bertz CT molecular complexity index is 757. The smallest absolute Gasteiger partial charge is 0.415 e. The molecule has 27 heavy (non-hydrogen) atoms. The van der Waals surface area contributed by atoms with Crippen molar-refractivity contribution in [2.45, 2.75) is 82.5 Å². The molecule has 4 rings (SSSR count). The second-order valence-corrected chi connectivity index (χ2v) is 8.00. The number of hydrogen-bond acceptors (Lipinski definition) is 4. The zero-order chi connectivity index (χ0) is 19.1. The van der Waals surface area contributed by atoms with E-state index < -0.39 is 6.09 Å². The highest BCUT2D eigenvalue weighted by atomic mass is 19.1. The molecule has 1 saturated heterocycles. The molecule has 146 valence electrons. The van der Waals surface area contributed by atoms with Gasteiger partial charge in [-0.15, -0.1) is 0 Å². The van der Waals surface area contributed by atoms with Crippen LogP contribution in [-0.2, 0) is 16.0 Å². The van der Waals surface area contributed by atoms with Gasteiger partial charge in [0.15, 0.2) is 0 Å². The molecule has 2 fully saturated rings. The summed E-state index contributed by atoms with van der Waals surface area (Å²) in [5.74, 6) is 0.0000853. The van der Waals surface area contributed by atoms with Gasteiger partial charge in [-0.2, -0.15) is 0 Å². The maximum Gasteiger partial charge on any atom is 0.415 e. The third kappa shape index (κ3) is 3.35. The van der Waals surface area contributed by atoms with Crippen LogP contribution >= 0.6 is 0 Å². The van der Waals surface area contributed by atoms with Gasteiger partial charge in [0, 0.05) is 12.8 Å². The van der Waals surface area contributed by atoms with Gasteiger partial charge >= 0.3 is 6.09 Å². The fraction of sp³-hybridized carbons (Fsp3) is 0.619. The van der Waals surface area contributed by atoms with Gasteiger partial charge in [0.2, 0.25) is 0 Å². The third-order valence-electron chi connectivity index (χ3n) is 6.33. The predicted molar refractivity (Wildman–Crippen MR) is 98.4 cm³/mol. The van der Waals surface area contributed by atoms with Crippen LogP contribution in [0.3, 0.4) is 0 Å². The lowest BCUT2D eigenvalue weighted by atomic mass is 9.82. The first-order valence-electron chi connectivity index (χ1n) is 9.99. The standard InChI is InChI=1S/C21H26FNO4/c1-2-14(24)7-8-20-19-10-13-9-16(12-3-5-15(25)6-4-12)17(22)11-18(13)23(19)21(26)27-20/h9,11-12,15,19-20,25H,2-8,10H2,1H3/t12?,15?,19-,20-/m0/s1. The summed E-state index contributed by atoms with van der Waals surface area (Å²) >= 11 is 0. The first-order chi connectivity index (χ1) is 13.0. The van der Waals surface area contributed by atoms with Crippen LogP contribution in [-0.4, -0.2) is 35.2 Å². The van der Waals surface area contributed by atoms with E-state index in [0.717, 1.165) is 18.4 Å². The molecule has 1 N–H and O–H groups in total. The lowest BCUT2D eigenvalue weighted by Crippen LogP contribution is -2.33. The van der Waals surface area contributed by atoms with E-state index in [9.17, 15) is 19.1 Å². The molecule has 6 heteroatoms. The van der Waals surface area contributed by atoms with E-state index in [4.69, 9.17) is 4.74 Å². The first-order valence-corrected chi connectivity index (χ1v) is 9.99. The van der Waals surface area contributed by atoms with Crippen molar-refractivity contribution in [1.82, 2.24) is 0 Å². The minimum atomic E-state index is -0.444. The van der Waals surface area contributed by atoms with E-state index in [-0.39, 0.29) is 35.8 Å². The van der Waals surface area contributed by atoms with Gasteiger partial charge in [-0.25, -0.2) is 9.18 Å². The molecule has 5 nitrogen and oxygen atoms in total. The molecule has 1 aromatic carbocycles. The number of hydrogen-bond donors (Lipinski definition) is 1. The van der Waals surface area contributed by atoms with Crippen LogP contribution in [0.25, 0.3) is 0 Å². The van der Waals surface area contributed by atoms with Gasteiger partial charge in [0.25, 0.3) is 0 Å². The number of anilines is 1. The number of carbonyl (C=O) groups is 2. The molecule has 2 aliphatic heterocycles. The van der Waals surface area contributed by atoms with E-state index in [2.05, 4.69) is 0 Å². The van der Waals surface area contributed by atoms with Gasteiger partial charge < -0.3 is 9.84 Å². The first kappa shape index (κ1) is 18.4. The monoisotopic (exact) mass is 375 g/mol. The number of amides is 1. The molecule has 0 radical (unpaired) electrons. The van der Waals surface area contributed by atoms with Crippen LogP contribution in [0, 0.1) is 5.82 Å². The quantitative estimate of drug-likeness (QED) is 0.849. The summed E-state index contributed by atoms with van der Waals surface area (Å²) in [7, 11) is 0.